The van der Waals surface area contributed by atoms with Crippen LogP contribution in [0.5, 0.6) is 11.5 Å². The van der Waals surface area contributed by atoms with E-state index in [9.17, 15) is 18.0 Å². The molecule has 0 aromatic heterocycles. The maximum Gasteiger partial charge on any atom is 0.416 e. The number of carbonyl (C=O) groups excluding carboxylic acids is 1. The lowest BCUT2D eigenvalue weighted by atomic mass is 9.99. The molecule has 0 amide bonds. The summed E-state index contributed by atoms with van der Waals surface area (Å²) in [5.41, 5.74) is 0.217. The summed E-state index contributed by atoms with van der Waals surface area (Å²) in [6.07, 6.45) is -3.11. The average molecular weight is 338 g/mol. The molecule has 0 aliphatic heterocycles. The number of methoxy groups -OCH3 is 1. The second-order valence-electron chi connectivity index (χ2n) is 5.14. The number of hydrogen-bond acceptors (Lipinski definition) is 3. The number of benzene rings is 2. The summed E-state index contributed by atoms with van der Waals surface area (Å²) in [5, 5.41) is 0. The molecule has 0 saturated carbocycles. The van der Waals surface area contributed by atoms with Gasteiger partial charge in [0.1, 0.15) is 6.29 Å². The first-order valence-corrected chi connectivity index (χ1v) is 7.38. The summed E-state index contributed by atoms with van der Waals surface area (Å²) in [7, 11) is 1.42. The minimum atomic E-state index is -4.45. The van der Waals surface area contributed by atoms with E-state index in [-0.39, 0.29) is 0 Å². The molecule has 0 bridgehead atoms. The number of aldehydes is 1. The molecule has 2 aromatic rings. The lowest BCUT2D eigenvalue weighted by molar-refractivity contribution is -0.137. The number of ether oxygens (including phenoxy) is 2. The molecule has 0 unspecified atom stereocenters. The minimum Gasteiger partial charge on any atom is -0.493 e. The molecule has 0 fully saturated rings. The fourth-order valence-electron chi connectivity index (χ4n) is 2.27. The molecule has 2 aromatic carbocycles. The molecule has 3 nitrogen and oxygen atoms in total. The first kappa shape index (κ1) is 17.8. The van der Waals surface area contributed by atoms with Gasteiger partial charge in [0.25, 0.3) is 0 Å². The van der Waals surface area contributed by atoms with E-state index in [1.807, 2.05) is 6.92 Å². The molecule has 0 spiro atoms. The molecule has 0 heterocycles. The predicted octanol–water partition coefficient (Wildman–Crippen LogP) is 4.98. The minimum absolute atomic E-state index is 0.295. The normalized spacial score (nSPS) is 11.2. The Hall–Kier alpha value is -2.50. The number of halogens is 3. The van der Waals surface area contributed by atoms with E-state index >= 15 is 0 Å². The van der Waals surface area contributed by atoms with Crippen LogP contribution in [0, 0.1) is 0 Å². The Morgan fingerprint density at radius 3 is 2.50 bits per heavy atom. The van der Waals surface area contributed by atoms with Crippen LogP contribution in [0.2, 0.25) is 0 Å². The van der Waals surface area contributed by atoms with Gasteiger partial charge in [0.05, 0.1) is 19.3 Å². The van der Waals surface area contributed by atoms with E-state index in [2.05, 4.69) is 0 Å². The lowest BCUT2D eigenvalue weighted by Gasteiger charge is -2.17. The Labute approximate surface area is 138 Å². The fourth-order valence-corrected chi connectivity index (χ4v) is 2.27. The highest BCUT2D eigenvalue weighted by atomic mass is 19.4. The van der Waals surface area contributed by atoms with Gasteiger partial charge < -0.3 is 9.47 Å². The van der Waals surface area contributed by atoms with Gasteiger partial charge in [-0.25, -0.2) is 0 Å². The number of rotatable bonds is 6. The van der Waals surface area contributed by atoms with Crippen LogP contribution >= 0.6 is 0 Å². The van der Waals surface area contributed by atoms with Crippen molar-refractivity contribution in [2.45, 2.75) is 19.5 Å². The molecule has 0 atom stereocenters. The van der Waals surface area contributed by atoms with E-state index in [0.29, 0.717) is 41.1 Å². The highest BCUT2D eigenvalue weighted by Gasteiger charge is 2.30. The molecular formula is C18H17F3O3. The smallest absolute Gasteiger partial charge is 0.416 e. The zero-order valence-electron chi connectivity index (χ0n) is 13.3. The van der Waals surface area contributed by atoms with Crippen molar-refractivity contribution in [1.82, 2.24) is 0 Å². The van der Waals surface area contributed by atoms with E-state index < -0.39 is 11.7 Å². The highest BCUT2D eigenvalue weighted by Crippen LogP contribution is 2.41. The third kappa shape index (κ3) is 3.88. The molecule has 0 N–H and O–H groups in total. The summed E-state index contributed by atoms with van der Waals surface area (Å²) >= 11 is 0. The monoisotopic (exact) mass is 338 g/mol. The van der Waals surface area contributed by atoms with Crippen LogP contribution in [0.1, 0.15) is 29.3 Å². The predicted molar refractivity (Wildman–Crippen MR) is 84.6 cm³/mol. The van der Waals surface area contributed by atoms with Gasteiger partial charge >= 0.3 is 6.18 Å². The van der Waals surface area contributed by atoms with Gasteiger partial charge in [0.15, 0.2) is 11.5 Å². The van der Waals surface area contributed by atoms with Crippen molar-refractivity contribution in [2.24, 2.45) is 0 Å². The average Bonchev–Trinajstić information content (AvgIpc) is 2.58. The summed E-state index contributed by atoms with van der Waals surface area (Å²) in [5.74, 6) is 0.629. The number of hydrogen-bond donors (Lipinski definition) is 0. The first-order chi connectivity index (χ1) is 11.4. The molecule has 128 valence electrons. The second kappa shape index (κ2) is 7.38. The molecule has 2 rings (SSSR count). The van der Waals surface area contributed by atoms with Crippen LogP contribution < -0.4 is 9.47 Å². The zero-order valence-corrected chi connectivity index (χ0v) is 13.3. The quantitative estimate of drug-likeness (QED) is 0.697. The van der Waals surface area contributed by atoms with E-state index in [1.54, 1.807) is 0 Å². The summed E-state index contributed by atoms with van der Waals surface area (Å²) in [6, 6.07) is 7.88. The maximum atomic E-state index is 13.0. The maximum absolute atomic E-state index is 13.0. The van der Waals surface area contributed by atoms with Crippen LogP contribution in [0.3, 0.4) is 0 Å². The highest BCUT2D eigenvalue weighted by molar-refractivity contribution is 5.84. The van der Waals surface area contributed by atoms with E-state index in [0.717, 1.165) is 18.6 Å². The zero-order chi connectivity index (χ0) is 17.7. The van der Waals surface area contributed by atoms with Crippen molar-refractivity contribution >= 4 is 6.29 Å². The Balaban J connectivity index is 2.64. The third-order valence-corrected chi connectivity index (χ3v) is 3.38. The van der Waals surface area contributed by atoms with Gasteiger partial charge in [-0.2, -0.15) is 13.2 Å². The topological polar surface area (TPSA) is 35.5 Å². The van der Waals surface area contributed by atoms with Gasteiger partial charge in [-0.05, 0) is 36.2 Å². The van der Waals surface area contributed by atoms with Crippen molar-refractivity contribution in [1.29, 1.82) is 0 Å². The Bertz CT molecular complexity index is 724. The van der Waals surface area contributed by atoms with Crippen molar-refractivity contribution in [2.75, 3.05) is 13.7 Å². The van der Waals surface area contributed by atoms with Crippen LogP contribution in [0.4, 0.5) is 13.2 Å². The standard InChI is InChI=1S/C18H17F3O3/c1-3-7-24-17-15(8-12(11-22)9-16(17)23-2)13-5-4-6-14(10-13)18(19,20)21/h4-6,8-11H,3,7H2,1-2H3. The fraction of sp³-hybridized carbons (Fsp3) is 0.278. The molecule has 0 saturated heterocycles. The van der Waals surface area contributed by atoms with Gasteiger partial charge in [-0.15, -0.1) is 0 Å². The van der Waals surface area contributed by atoms with E-state index in [4.69, 9.17) is 9.47 Å². The van der Waals surface area contributed by atoms with Crippen LogP contribution in [-0.2, 0) is 6.18 Å². The van der Waals surface area contributed by atoms with Gasteiger partial charge in [0, 0.05) is 11.1 Å². The van der Waals surface area contributed by atoms with Gasteiger partial charge in [-0.3, -0.25) is 4.79 Å². The van der Waals surface area contributed by atoms with Crippen LogP contribution in [0.15, 0.2) is 36.4 Å². The summed E-state index contributed by atoms with van der Waals surface area (Å²) in [6.45, 7) is 2.29. The summed E-state index contributed by atoms with van der Waals surface area (Å²) < 4.78 is 49.8. The van der Waals surface area contributed by atoms with E-state index in [1.165, 1.54) is 31.4 Å². The molecule has 6 heteroatoms. The lowest BCUT2D eigenvalue weighted by Crippen LogP contribution is -2.05. The van der Waals surface area contributed by atoms with Crippen molar-refractivity contribution in [3.8, 4) is 22.6 Å². The van der Waals surface area contributed by atoms with Gasteiger partial charge in [-0.1, -0.05) is 19.1 Å². The molecule has 0 aliphatic carbocycles. The van der Waals surface area contributed by atoms with Crippen molar-refractivity contribution in [3.63, 3.8) is 0 Å². The Kier molecular flexibility index (Phi) is 5.49. The second-order valence-corrected chi connectivity index (χ2v) is 5.14. The molecule has 0 radical (unpaired) electrons. The Morgan fingerprint density at radius 1 is 1.17 bits per heavy atom. The van der Waals surface area contributed by atoms with Crippen LogP contribution in [0.25, 0.3) is 11.1 Å². The molecule has 0 aliphatic rings. The van der Waals surface area contributed by atoms with Crippen LogP contribution in [-0.4, -0.2) is 20.0 Å². The summed E-state index contributed by atoms with van der Waals surface area (Å²) in [4.78, 5) is 11.1. The number of carbonyl (C=O) groups is 1. The first-order valence-electron chi connectivity index (χ1n) is 7.38. The number of alkyl halides is 3. The molecule has 24 heavy (non-hydrogen) atoms. The van der Waals surface area contributed by atoms with Crippen molar-refractivity contribution < 1.29 is 27.4 Å². The largest absolute Gasteiger partial charge is 0.493 e. The van der Waals surface area contributed by atoms with Gasteiger partial charge in [0.2, 0.25) is 0 Å². The third-order valence-electron chi connectivity index (χ3n) is 3.38. The molecular weight excluding hydrogens is 321 g/mol. The van der Waals surface area contributed by atoms with Crippen molar-refractivity contribution in [3.05, 3.63) is 47.5 Å². The SMILES string of the molecule is CCCOc1c(OC)cc(C=O)cc1-c1cccc(C(F)(F)F)c1. The Morgan fingerprint density at radius 2 is 1.92 bits per heavy atom.